The van der Waals surface area contributed by atoms with Crippen molar-refractivity contribution >= 4 is 50.4 Å². The number of carbonyl (C=O) groups excluding carboxylic acids is 1. The molecule has 1 saturated heterocycles. The number of likely N-dealkylation sites (N-methyl/N-ethyl adjacent to an activating group) is 1. The summed E-state index contributed by atoms with van der Waals surface area (Å²) in [6, 6.07) is 23.7. The number of fused-ring (bicyclic) bond motifs is 1. The van der Waals surface area contributed by atoms with Crippen molar-refractivity contribution in [1.29, 1.82) is 0 Å². The number of carbonyl (C=O) groups is 1. The Morgan fingerprint density at radius 1 is 0.912 bits per heavy atom. The van der Waals surface area contributed by atoms with Gasteiger partial charge in [0.15, 0.2) is 5.82 Å². The van der Waals surface area contributed by atoms with E-state index in [1.807, 2.05) is 75.6 Å². The Bertz CT molecular complexity index is 1320. The molecule has 8 heteroatoms. The Morgan fingerprint density at radius 2 is 1.59 bits per heavy atom. The lowest BCUT2D eigenvalue weighted by atomic mass is 10.0. The Balaban J connectivity index is 1.46. The quantitative estimate of drug-likeness (QED) is 0.395. The van der Waals surface area contributed by atoms with Crippen LogP contribution in [-0.2, 0) is 0 Å². The van der Waals surface area contributed by atoms with Gasteiger partial charge in [0, 0.05) is 37.1 Å². The Morgan fingerprint density at radius 3 is 2.29 bits per heavy atom. The summed E-state index contributed by atoms with van der Waals surface area (Å²) < 4.78 is 1.83. The molecule has 0 radical (unpaired) electrons. The average Bonchev–Trinajstić information content (AvgIpc) is 2.88. The monoisotopic (exact) mass is 516 g/mol. The highest BCUT2D eigenvalue weighted by Crippen LogP contribution is 2.35. The van der Waals surface area contributed by atoms with Crippen LogP contribution in [-0.4, -0.2) is 58.9 Å². The summed E-state index contributed by atoms with van der Waals surface area (Å²) in [5.41, 5.74) is 10.4. The standard InChI is InChI=1S/C26H25BrN6O/c1-31-13-15-32(16-14-31)25(34)19-9-7-18(8-10-19)20-11-12-23-22(17-20)24(30-26(28)29-23)33(27)21-5-3-2-4-6-21/h2-12,17H,13-16H2,1H3,(H2,28,29,30). The number of anilines is 3. The number of para-hydroxylation sites is 1. The van der Waals surface area contributed by atoms with Gasteiger partial charge in [-0.15, -0.1) is 0 Å². The Hall–Kier alpha value is -3.49. The molecule has 7 nitrogen and oxygen atoms in total. The number of halogens is 1. The molecule has 0 atom stereocenters. The molecular formula is C26H25BrN6O. The van der Waals surface area contributed by atoms with Crippen molar-refractivity contribution in [2.24, 2.45) is 0 Å². The first kappa shape index (κ1) is 22.3. The second-order valence-corrected chi connectivity index (χ2v) is 9.14. The number of amides is 1. The minimum atomic E-state index is 0.0853. The molecule has 0 aliphatic carbocycles. The van der Waals surface area contributed by atoms with Crippen LogP contribution >= 0.6 is 16.1 Å². The average molecular weight is 517 g/mol. The van der Waals surface area contributed by atoms with E-state index in [0.29, 0.717) is 11.4 Å². The number of piperazine rings is 1. The topological polar surface area (TPSA) is 78.6 Å². The number of nitrogens with two attached hydrogens (primary N) is 1. The SMILES string of the molecule is CN1CCN(C(=O)c2ccc(-c3ccc4nc(N)nc(N(Br)c5ccccc5)c4c3)cc2)CC1. The number of hydrogen-bond acceptors (Lipinski definition) is 6. The molecule has 1 aromatic heterocycles. The molecule has 5 rings (SSSR count). The highest BCUT2D eigenvalue weighted by Gasteiger charge is 2.20. The molecule has 0 spiro atoms. The van der Waals surface area contributed by atoms with E-state index in [1.165, 1.54) is 0 Å². The van der Waals surface area contributed by atoms with Gasteiger partial charge in [0.2, 0.25) is 5.95 Å². The summed E-state index contributed by atoms with van der Waals surface area (Å²) in [7, 11) is 2.08. The van der Waals surface area contributed by atoms with Gasteiger partial charge in [-0.05, 0) is 54.6 Å². The number of nitrogens with zero attached hydrogens (tertiary/aromatic N) is 5. The van der Waals surface area contributed by atoms with E-state index in [2.05, 4.69) is 44.1 Å². The molecule has 1 amide bonds. The van der Waals surface area contributed by atoms with Crippen LogP contribution in [0.3, 0.4) is 0 Å². The third kappa shape index (κ3) is 4.47. The van der Waals surface area contributed by atoms with Crippen LogP contribution in [0, 0.1) is 0 Å². The predicted molar refractivity (Wildman–Crippen MR) is 140 cm³/mol. The van der Waals surface area contributed by atoms with Crippen molar-refractivity contribution in [2.45, 2.75) is 0 Å². The van der Waals surface area contributed by atoms with Crippen molar-refractivity contribution in [3.8, 4) is 11.1 Å². The van der Waals surface area contributed by atoms with Crippen LogP contribution < -0.4 is 9.66 Å². The maximum Gasteiger partial charge on any atom is 0.253 e. The van der Waals surface area contributed by atoms with Crippen molar-refractivity contribution in [3.63, 3.8) is 0 Å². The molecule has 2 heterocycles. The molecule has 1 fully saturated rings. The summed E-state index contributed by atoms with van der Waals surface area (Å²) in [6.45, 7) is 3.34. The van der Waals surface area contributed by atoms with E-state index in [4.69, 9.17) is 5.73 Å². The van der Waals surface area contributed by atoms with Crippen LogP contribution in [0.15, 0.2) is 72.8 Å². The second kappa shape index (κ2) is 9.40. The first-order valence-electron chi connectivity index (χ1n) is 11.2. The third-order valence-electron chi connectivity index (χ3n) is 6.12. The zero-order valence-electron chi connectivity index (χ0n) is 18.9. The van der Waals surface area contributed by atoms with Gasteiger partial charge in [-0.3, -0.25) is 8.72 Å². The molecular weight excluding hydrogens is 492 g/mol. The normalized spacial score (nSPS) is 14.4. The fraction of sp³-hybridized carbons (Fsp3) is 0.192. The lowest BCUT2D eigenvalue weighted by molar-refractivity contribution is 0.0664. The molecule has 0 unspecified atom stereocenters. The third-order valence-corrected chi connectivity index (χ3v) is 6.86. The zero-order valence-corrected chi connectivity index (χ0v) is 20.4. The summed E-state index contributed by atoms with van der Waals surface area (Å²) in [5, 5.41) is 0.866. The molecule has 0 bridgehead atoms. The van der Waals surface area contributed by atoms with Crippen LogP contribution in [0.4, 0.5) is 17.5 Å². The fourth-order valence-electron chi connectivity index (χ4n) is 4.14. The smallest absolute Gasteiger partial charge is 0.253 e. The van der Waals surface area contributed by atoms with Crippen LogP contribution in [0.1, 0.15) is 10.4 Å². The maximum atomic E-state index is 12.9. The molecule has 4 aromatic rings. The Kier molecular flexibility index (Phi) is 6.17. The van der Waals surface area contributed by atoms with Crippen molar-refractivity contribution in [2.75, 3.05) is 42.9 Å². The van der Waals surface area contributed by atoms with Gasteiger partial charge in [0.25, 0.3) is 5.91 Å². The summed E-state index contributed by atoms with van der Waals surface area (Å²) in [4.78, 5) is 26.0. The maximum absolute atomic E-state index is 12.9. The molecule has 1 aliphatic rings. The molecule has 34 heavy (non-hydrogen) atoms. The Labute approximate surface area is 207 Å². The van der Waals surface area contributed by atoms with Gasteiger partial charge in [-0.25, -0.2) is 4.98 Å². The van der Waals surface area contributed by atoms with Gasteiger partial charge < -0.3 is 15.5 Å². The fourth-order valence-corrected chi connectivity index (χ4v) is 4.64. The van der Waals surface area contributed by atoms with Crippen LogP contribution in [0.5, 0.6) is 0 Å². The number of rotatable bonds is 4. The van der Waals surface area contributed by atoms with Crippen molar-refractivity contribution in [1.82, 2.24) is 19.8 Å². The van der Waals surface area contributed by atoms with E-state index in [-0.39, 0.29) is 11.9 Å². The van der Waals surface area contributed by atoms with E-state index < -0.39 is 0 Å². The van der Waals surface area contributed by atoms with Gasteiger partial charge in [-0.2, -0.15) is 4.98 Å². The molecule has 0 saturated carbocycles. The highest BCUT2D eigenvalue weighted by molar-refractivity contribution is 9.10. The number of aromatic nitrogens is 2. The van der Waals surface area contributed by atoms with E-state index in [1.54, 1.807) is 0 Å². The summed E-state index contributed by atoms with van der Waals surface area (Å²) in [6.07, 6.45) is 0. The van der Waals surface area contributed by atoms with Crippen LogP contribution in [0.2, 0.25) is 0 Å². The first-order chi connectivity index (χ1) is 16.5. The van der Waals surface area contributed by atoms with Crippen molar-refractivity contribution < 1.29 is 4.79 Å². The van der Waals surface area contributed by atoms with E-state index in [9.17, 15) is 4.79 Å². The van der Waals surface area contributed by atoms with Crippen molar-refractivity contribution in [3.05, 3.63) is 78.4 Å². The van der Waals surface area contributed by atoms with Crippen LogP contribution in [0.25, 0.3) is 22.0 Å². The summed E-state index contributed by atoms with van der Waals surface area (Å²) in [5.74, 6) is 0.960. The molecule has 3 aromatic carbocycles. The van der Waals surface area contributed by atoms with Gasteiger partial charge in [0.05, 0.1) is 27.4 Å². The van der Waals surface area contributed by atoms with Gasteiger partial charge in [0.1, 0.15) is 0 Å². The lowest BCUT2D eigenvalue weighted by Gasteiger charge is -2.32. The molecule has 172 valence electrons. The second-order valence-electron chi connectivity index (χ2n) is 8.43. The van der Waals surface area contributed by atoms with Gasteiger partial charge >= 0.3 is 0 Å². The largest absolute Gasteiger partial charge is 0.368 e. The lowest BCUT2D eigenvalue weighted by Crippen LogP contribution is -2.47. The number of hydrogen-bond donors (Lipinski definition) is 1. The predicted octanol–water partition coefficient (Wildman–Crippen LogP) is 4.71. The van der Waals surface area contributed by atoms with Gasteiger partial charge in [-0.1, -0.05) is 36.4 Å². The van der Waals surface area contributed by atoms with E-state index in [0.717, 1.165) is 53.9 Å². The number of nitrogen functional groups attached to an aromatic ring is 1. The minimum Gasteiger partial charge on any atom is -0.368 e. The molecule has 2 N–H and O–H groups in total. The van der Waals surface area contributed by atoms with E-state index >= 15 is 0 Å². The minimum absolute atomic E-state index is 0.0853. The molecule has 1 aliphatic heterocycles. The highest BCUT2D eigenvalue weighted by atomic mass is 79.9. The zero-order chi connectivity index (χ0) is 23.7. The number of benzene rings is 3. The first-order valence-corrected chi connectivity index (χ1v) is 11.9. The summed E-state index contributed by atoms with van der Waals surface area (Å²) >= 11 is 3.64.